The lowest BCUT2D eigenvalue weighted by molar-refractivity contribution is -0.147. The van der Waals surface area contributed by atoms with E-state index in [0.29, 0.717) is 22.9 Å². The lowest BCUT2D eigenvalue weighted by Gasteiger charge is -2.51. The molecule has 4 nitrogen and oxygen atoms in total. The van der Waals surface area contributed by atoms with Crippen LogP contribution in [0.3, 0.4) is 0 Å². The van der Waals surface area contributed by atoms with Gasteiger partial charge in [-0.15, -0.1) is 0 Å². The first-order chi connectivity index (χ1) is 9.94. The fourth-order valence-electron chi connectivity index (χ4n) is 4.75. The van der Waals surface area contributed by atoms with Gasteiger partial charge in [-0.25, -0.2) is 0 Å². The zero-order valence-electron chi connectivity index (χ0n) is 13.2. The fraction of sp³-hybridized carbons (Fsp3) is 0.875. The highest BCUT2D eigenvalue weighted by Gasteiger charge is 2.53. The third kappa shape index (κ3) is 2.48. The van der Waals surface area contributed by atoms with Gasteiger partial charge in [0.15, 0.2) is 0 Å². The summed E-state index contributed by atoms with van der Waals surface area (Å²) in [5.74, 6) is 1.40. The van der Waals surface area contributed by atoms with E-state index in [9.17, 15) is 4.79 Å². The van der Waals surface area contributed by atoms with E-state index in [1.807, 2.05) is 0 Å². The Kier molecular flexibility index (Phi) is 3.99. The highest BCUT2D eigenvalue weighted by molar-refractivity contribution is 7.80. The molecule has 2 unspecified atom stereocenters. The molecule has 0 spiro atoms. The molecule has 118 valence electrons. The molecule has 2 heterocycles. The Morgan fingerprint density at radius 2 is 2.00 bits per heavy atom. The van der Waals surface area contributed by atoms with E-state index >= 15 is 0 Å². The largest absolute Gasteiger partial charge is 0.392 e. The molecular weight excluding hydrogens is 282 g/mol. The fourth-order valence-corrected chi connectivity index (χ4v) is 5.00. The van der Waals surface area contributed by atoms with Gasteiger partial charge >= 0.3 is 0 Å². The molecule has 5 heteroatoms. The number of thiocarbonyl (C=S) groups is 1. The Labute approximate surface area is 133 Å². The van der Waals surface area contributed by atoms with Crippen molar-refractivity contribution in [2.24, 2.45) is 23.0 Å². The van der Waals surface area contributed by atoms with Crippen molar-refractivity contribution in [2.45, 2.75) is 45.1 Å². The predicted molar refractivity (Wildman–Crippen MR) is 88.0 cm³/mol. The second-order valence-corrected chi connectivity index (χ2v) is 7.89. The van der Waals surface area contributed by atoms with Crippen LogP contribution in [0, 0.1) is 17.3 Å². The minimum Gasteiger partial charge on any atom is -0.392 e. The Balaban J connectivity index is 1.70. The lowest BCUT2D eigenvalue weighted by Crippen LogP contribution is -2.61. The van der Waals surface area contributed by atoms with Crippen LogP contribution in [0.4, 0.5) is 0 Å². The van der Waals surface area contributed by atoms with Crippen molar-refractivity contribution in [3.63, 3.8) is 0 Å². The summed E-state index contributed by atoms with van der Waals surface area (Å²) in [6.07, 6.45) is 5.26. The molecule has 3 aliphatic rings. The van der Waals surface area contributed by atoms with E-state index in [1.54, 1.807) is 0 Å². The molecule has 0 bridgehead atoms. The number of carbonyl (C=O) groups is 1. The van der Waals surface area contributed by atoms with Crippen LogP contribution in [-0.4, -0.2) is 53.4 Å². The molecule has 1 saturated carbocycles. The van der Waals surface area contributed by atoms with Crippen molar-refractivity contribution in [2.75, 3.05) is 26.7 Å². The summed E-state index contributed by atoms with van der Waals surface area (Å²) in [4.78, 5) is 17.9. The molecule has 2 saturated heterocycles. The molecule has 21 heavy (non-hydrogen) atoms. The molecule has 1 amide bonds. The molecule has 1 aliphatic carbocycles. The van der Waals surface area contributed by atoms with Gasteiger partial charge in [-0.05, 0) is 57.5 Å². The van der Waals surface area contributed by atoms with E-state index in [2.05, 4.69) is 23.8 Å². The van der Waals surface area contributed by atoms with Gasteiger partial charge in [-0.2, -0.15) is 0 Å². The van der Waals surface area contributed by atoms with Crippen LogP contribution < -0.4 is 5.73 Å². The number of nitrogens with two attached hydrogens (primary N) is 1. The SMILES string of the molecule is CC1CC(C(=O)N2CCC3C(CCCN3C)C2)(C(N)=S)C1. The average molecular weight is 309 g/mol. The summed E-state index contributed by atoms with van der Waals surface area (Å²) in [5, 5.41) is 0. The first-order valence-electron chi connectivity index (χ1n) is 8.23. The molecule has 0 radical (unpaired) electrons. The topological polar surface area (TPSA) is 49.6 Å². The summed E-state index contributed by atoms with van der Waals surface area (Å²) in [6, 6.07) is 0.656. The number of piperidine rings is 2. The van der Waals surface area contributed by atoms with Gasteiger partial charge in [0.05, 0.1) is 10.4 Å². The third-order valence-electron chi connectivity index (χ3n) is 5.91. The van der Waals surface area contributed by atoms with Gasteiger partial charge in [0.1, 0.15) is 0 Å². The lowest BCUT2D eigenvalue weighted by atomic mass is 9.61. The third-order valence-corrected chi connectivity index (χ3v) is 6.30. The molecule has 0 aromatic rings. The zero-order valence-corrected chi connectivity index (χ0v) is 14.0. The second kappa shape index (κ2) is 5.51. The van der Waals surface area contributed by atoms with Crippen LogP contribution in [-0.2, 0) is 4.79 Å². The number of fused-ring (bicyclic) bond motifs is 1. The predicted octanol–water partition coefficient (Wildman–Crippen LogP) is 1.63. The van der Waals surface area contributed by atoms with Gasteiger partial charge in [0.25, 0.3) is 0 Å². The van der Waals surface area contributed by atoms with E-state index < -0.39 is 5.41 Å². The summed E-state index contributed by atoms with van der Waals surface area (Å²) in [6.45, 7) is 5.13. The normalized spacial score (nSPS) is 40.3. The number of hydrogen-bond donors (Lipinski definition) is 1. The van der Waals surface area contributed by atoms with Crippen molar-refractivity contribution in [1.29, 1.82) is 0 Å². The Morgan fingerprint density at radius 1 is 1.29 bits per heavy atom. The zero-order chi connectivity index (χ0) is 15.2. The summed E-state index contributed by atoms with van der Waals surface area (Å²) < 4.78 is 0. The van der Waals surface area contributed by atoms with E-state index in [4.69, 9.17) is 18.0 Å². The molecule has 3 rings (SSSR count). The maximum atomic E-state index is 13.0. The minimum absolute atomic E-state index is 0.208. The first-order valence-corrected chi connectivity index (χ1v) is 8.64. The minimum atomic E-state index is -0.526. The van der Waals surface area contributed by atoms with Crippen molar-refractivity contribution < 1.29 is 4.79 Å². The Bertz CT molecular complexity index is 447. The molecule has 0 aromatic heterocycles. The maximum absolute atomic E-state index is 13.0. The van der Waals surface area contributed by atoms with Crippen molar-refractivity contribution in [3.8, 4) is 0 Å². The van der Waals surface area contributed by atoms with Crippen LogP contribution in [0.2, 0.25) is 0 Å². The van der Waals surface area contributed by atoms with E-state index in [1.165, 1.54) is 19.4 Å². The van der Waals surface area contributed by atoms with Gasteiger partial charge in [-0.1, -0.05) is 19.1 Å². The number of amides is 1. The summed E-state index contributed by atoms with van der Waals surface area (Å²) >= 11 is 5.24. The van der Waals surface area contributed by atoms with Gasteiger partial charge in [-0.3, -0.25) is 4.79 Å². The highest BCUT2D eigenvalue weighted by atomic mass is 32.1. The monoisotopic (exact) mass is 309 g/mol. The number of likely N-dealkylation sites (tertiary alicyclic amines) is 2. The summed E-state index contributed by atoms with van der Waals surface area (Å²) in [5.41, 5.74) is 5.41. The number of nitrogens with zero attached hydrogens (tertiary/aromatic N) is 2. The maximum Gasteiger partial charge on any atom is 0.235 e. The van der Waals surface area contributed by atoms with Crippen LogP contribution >= 0.6 is 12.2 Å². The van der Waals surface area contributed by atoms with Crippen molar-refractivity contribution >= 4 is 23.1 Å². The van der Waals surface area contributed by atoms with Gasteiger partial charge in [0, 0.05) is 19.1 Å². The van der Waals surface area contributed by atoms with Gasteiger partial charge in [0.2, 0.25) is 5.91 Å². The van der Waals surface area contributed by atoms with Crippen LogP contribution in [0.1, 0.15) is 39.0 Å². The van der Waals surface area contributed by atoms with Crippen molar-refractivity contribution in [1.82, 2.24) is 9.80 Å². The van der Waals surface area contributed by atoms with Crippen molar-refractivity contribution in [3.05, 3.63) is 0 Å². The molecular formula is C16H27N3OS. The van der Waals surface area contributed by atoms with E-state index in [0.717, 1.165) is 32.4 Å². The van der Waals surface area contributed by atoms with Crippen LogP contribution in [0.5, 0.6) is 0 Å². The van der Waals surface area contributed by atoms with Crippen LogP contribution in [0.25, 0.3) is 0 Å². The van der Waals surface area contributed by atoms with E-state index in [-0.39, 0.29) is 5.91 Å². The highest BCUT2D eigenvalue weighted by Crippen LogP contribution is 2.47. The van der Waals surface area contributed by atoms with Crippen LogP contribution in [0.15, 0.2) is 0 Å². The number of carbonyl (C=O) groups excluding carboxylic acids is 1. The molecule has 2 N–H and O–H groups in total. The standard InChI is InChI=1S/C16H27N3OS/c1-11-8-16(9-11,14(17)21)15(20)19-7-5-13-12(10-19)4-3-6-18(13)2/h11-13H,3-10H2,1-2H3,(H2,17,21). The number of rotatable bonds is 2. The first kappa shape index (κ1) is 15.2. The summed E-state index contributed by atoms with van der Waals surface area (Å²) in [7, 11) is 2.22. The Morgan fingerprint density at radius 3 is 2.62 bits per heavy atom. The van der Waals surface area contributed by atoms with Gasteiger partial charge < -0.3 is 15.5 Å². The number of hydrogen-bond acceptors (Lipinski definition) is 3. The molecule has 0 aromatic carbocycles. The quantitative estimate of drug-likeness (QED) is 0.788. The average Bonchev–Trinajstić information content (AvgIpc) is 2.42. The second-order valence-electron chi connectivity index (χ2n) is 7.45. The molecule has 3 fully saturated rings. The Hall–Kier alpha value is -0.680. The smallest absolute Gasteiger partial charge is 0.235 e. The molecule has 2 atom stereocenters. The molecule has 2 aliphatic heterocycles.